The summed E-state index contributed by atoms with van der Waals surface area (Å²) in [6, 6.07) is 3.37. The van der Waals surface area contributed by atoms with Crippen LogP contribution < -0.4 is 10.9 Å². The Morgan fingerprint density at radius 2 is 2.03 bits per heavy atom. The maximum absolute atomic E-state index is 12.7. The zero-order chi connectivity index (χ0) is 28.4. The molecule has 1 aromatic heterocycles. The molecule has 6 atom stereocenters. The number of nitrogens with zero attached hydrogens (tertiary/aromatic N) is 1. The van der Waals surface area contributed by atoms with Crippen LogP contribution in [0, 0.1) is 22.7 Å². The molecule has 0 radical (unpaired) electrons. The molecule has 10 heteroatoms. The maximum atomic E-state index is 12.7. The van der Waals surface area contributed by atoms with Crippen molar-refractivity contribution >= 4 is 39.7 Å². The van der Waals surface area contributed by atoms with Gasteiger partial charge in [-0.1, -0.05) is 26.0 Å². The summed E-state index contributed by atoms with van der Waals surface area (Å²) < 4.78 is 17.5. The molecule has 1 aromatic rings. The molecule has 0 spiro atoms. The topological polar surface area (TPSA) is 116 Å². The molecular formula is C29H38BrN3O6. The number of hydrazine groups is 1. The number of carbonyl (C=O) groups excluding carboxylic acids is 3. The van der Waals surface area contributed by atoms with Crippen LogP contribution in [0.5, 0.6) is 0 Å². The van der Waals surface area contributed by atoms with Crippen LogP contribution in [0.3, 0.4) is 0 Å². The number of aromatic nitrogens is 1. The molecular weight excluding hydrogens is 566 g/mol. The molecule has 2 fully saturated rings. The van der Waals surface area contributed by atoms with E-state index >= 15 is 0 Å². The van der Waals surface area contributed by atoms with Crippen molar-refractivity contribution in [3.05, 3.63) is 46.6 Å². The molecule has 2 N–H and O–H groups in total. The fraction of sp³-hybridized carbons (Fsp3) is 0.586. The Bertz CT molecular complexity index is 1150. The Labute approximate surface area is 238 Å². The molecule has 3 aliphatic rings. The van der Waals surface area contributed by atoms with E-state index in [1.807, 2.05) is 18.2 Å². The first kappa shape index (κ1) is 29.3. The van der Waals surface area contributed by atoms with Crippen LogP contribution in [0.2, 0.25) is 0 Å². The van der Waals surface area contributed by atoms with Gasteiger partial charge in [-0.2, -0.15) is 0 Å². The first-order chi connectivity index (χ1) is 18.4. The van der Waals surface area contributed by atoms with Crippen molar-refractivity contribution in [3.63, 3.8) is 0 Å². The molecule has 0 amide bonds. The summed E-state index contributed by atoms with van der Waals surface area (Å²) in [5.41, 5.74) is 7.42. The second-order valence-electron chi connectivity index (χ2n) is 11.4. The molecule has 1 aliphatic heterocycles. The number of carbonyl (C=O) groups is 3. The summed E-state index contributed by atoms with van der Waals surface area (Å²) in [6.45, 7) is 12.1. The van der Waals surface area contributed by atoms with E-state index in [1.54, 1.807) is 6.20 Å². The first-order valence-electron chi connectivity index (χ1n) is 13.4. The molecule has 2 saturated carbocycles. The minimum Gasteiger partial charge on any atom is -0.465 e. The summed E-state index contributed by atoms with van der Waals surface area (Å²) in [6.07, 6.45) is 6.89. The third-order valence-corrected chi connectivity index (χ3v) is 9.38. The average molecular weight is 605 g/mol. The van der Waals surface area contributed by atoms with Crippen LogP contribution >= 0.6 is 15.9 Å². The third-order valence-electron chi connectivity index (χ3n) is 8.91. The largest absolute Gasteiger partial charge is 0.465 e. The molecule has 0 saturated heterocycles. The van der Waals surface area contributed by atoms with Crippen molar-refractivity contribution in [3.8, 4) is 0 Å². The van der Waals surface area contributed by atoms with E-state index in [4.69, 9.17) is 14.2 Å². The molecule has 2 aliphatic carbocycles. The summed E-state index contributed by atoms with van der Waals surface area (Å²) >= 11 is 3.40. The van der Waals surface area contributed by atoms with Gasteiger partial charge in [0.2, 0.25) is 0 Å². The van der Waals surface area contributed by atoms with E-state index in [-0.39, 0.29) is 60.5 Å². The van der Waals surface area contributed by atoms with E-state index in [0.29, 0.717) is 24.2 Å². The van der Waals surface area contributed by atoms with E-state index in [2.05, 4.69) is 52.2 Å². The summed E-state index contributed by atoms with van der Waals surface area (Å²) in [7, 11) is 0. The van der Waals surface area contributed by atoms with Gasteiger partial charge >= 0.3 is 17.9 Å². The number of anilines is 1. The zero-order valence-electron chi connectivity index (χ0n) is 23.1. The fourth-order valence-corrected chi connectivity index (χ4v) is 7.25. The molecule has 0 aromatic carbocycles. The number of cyclic esters (lactones) is 1. The van der Waals surface area contributed by atoms with Crippen LogP contribution in [0.1, 0.15) is 59.8 Å². The number of nitrogens with one attached hydrogen (secondary N) is 2. The number of allylic oxidation sites excluding steroid dienone is 1. The second kappa shape index (κ2) is 11.8. The number of esters is 3. The van der Waals surface area contributed by atoms with Crippen LogP contribution in [0.15, 0.2) is 46.6 Å². The standard InChI is InChI=1S/C29H38BrN3O6/c1-17-6-8-24-28(4,12-10-25(39-19(3)35)29(24,5)16-38-18(2)34)22(17)14-23(21-11-13-37-27(21)36)32-33-26-9-7-20(30)15-31-26/h7,9,11,15,22-25,32H,1,6,8,10,12-14,16H2,2-5H3,(H,31,33)/t22-,23+,24+,25-,28+,29+/m1/s1. The van der Waals surface area contributed by atoms with Gasteiger partial charge in [0.25, 0.3) is 0 Å². The second-order valence-corrected chi connectivity index (χ2v) is 12.3. The van der Waals surface area contributed by atoms with E-state index in [1.165, 1.54) is 13.8 Å². The van der Waals surface area contributed by atoms with Crippen molar-refractivity contribution in [2.24, 2.45) is 22.7 Å². The number of fused-ring (bicyclic) bond motifs is 1. The van der Waals surface area contributed by atoms with Gasteiger partial charge in [-0.3, -0.25) is 9.59 Å². The van der Waals surface area contributed by atoms with Crippen molar-refractivity contribution in [2.75, 3.05) is 18.6 Å². The van der Waals surface area contributed by atoms with Crippen LogP contribution in [-0.4, -0.2) is 48.3 Å². The average Bonchev–Trinajstić information content (AvgIpc) is 3.30. The molecule has 2 heterocycles. The van der Waals surface area contributed by atoms with Crippen LogP contribution in [-0.2, 0) is 28.6 Å². The van der Waals surface area contributed by atoms with Crippen molar-refractivity contribution in [1.29, 1.82) is 0 Å². The van der Waals surface area contributed by atoms with Crippen LogP contribution in [0.25, 0.3) is 0 Å². The fourth-order valence-electron chi connectivity index (χ4n) is 7.02. The SMILES string of the molecule is C=C1CC[C@@H]2[C@](C)(COC(C)=O)[C@H](OC(C)=O)CC[C@@]2(C)[C@@H]1C[C@H](NNc1ccc(Br)cn1)C1=CCOC1=O. The van der Waals surface area contributed by atoms with E-state index in [0.717, 1.165) is 29.3 Å². The van der Waals surface area contributed by atoms with Gasteiger partial charge in [-0.15, -0.1) is 0 Å². The minimum atomic E-state index is -0.558. The van der Waals surface area contributed by atoms with Gasteiger partial charge in [0.1, 0.15) is 25.1 Å². The number of hydrogen-bond donors (Lipinski definition) is 2. The highest BCUT2D eigenvalue weighted by molar-refractivity contribution is 9.10. The number of ether oxygens (including phenoxy) is 3. The highest BCUT2D eigenvalue weighted by atomic mass is 79.9. The molecule has 9 nitrogen and oxygen atoms in total. The van der Waals surface area contributed by atoms with E-state index in [9.17, 15) is 14.4 Å². The minimum absolute atomic E-state index is 0.0534. The van der Waals surface area contributed by atoms with Gasteiger partial charge in [0, 0.05) is 29.9 Å². The van der Waals surface area contributed by atoms with Crippen molar-refractivity contribution < 1.29 is 28.6 Å². The van der Waals surface area contributed by atoms with Gasteiger partial charge in [0.15, 0.2) is 0 Å². The lowest BCUT2D eigenvalue weighted by atomic mass is 9.46. The number of rotatable bonds is 9. The van der Waals surface area contributed by atoms with Crippen LogP contribution in [0.4, 0.5) is 5.82 Å². The quantitative estimate of drug-likeness (QED) is 0.176. The monoisotopic (exact) mass is 603 g/mol. The van der Waals surface area contributed by atoms with Crippen molar-refractivity contribution in [1.82, 2.24) is 10.4 Å². The number of halogens is 1. The lowest BCUT2D eigenvalue weighted by Gasteiger charge is -2.60. The van der Waals surface area contributed by atoms with E-state index < -0.39 is 5.41 Å². The maximum Gasteiger partial charge on any atom is 0.335 e. The summed E-state index contributed by atoms with van der Waals surface area (Å²) in [5.74, 6) is -0.248. The Hall–Kier alpha value is -2.72. The Kier molecular flexibility index (Phi) is 8.85. The van der Waals surface area contributed by atoms with Gasteiger partial charge < -0.3 is 19.6 Å². The molecule has 4 rings (SSSR count). The molecule has 0 bridgehead atoms. The highest BCUT2D eigenvalue weighted by Crippen LogP contribution is 2.62. The molecule has 39 heavy (non-hydrogen) atoms. The summed E-state index contributed by atoms with van der Waals surface area (Å²) in [5, 5.41) is 0. The zero-order valence-corrected chi connectivity index (χ0v) is 24.6. The van der Waals surface area contributed by atoms with Gasteiger partial charge in [-0.05, 0) is 83.5 Å². The predicted octanol–water partition coefficient (Wildman–Crippen LogP) is 4.89. The highest BCUT2D eigenvalue weighted by Gasteiger charge is 2.60. The lowest BCUT2D eigenvalue weighted by molar-refractivity contribution is -0.191. The van der Waals surface area contributed by atoms with Gasteiger partial charge in [-0.25, -0.2) is 15.2 Å². The predicted molar refractivity (Wildman–Crippen MR) is 149 cm³/mol. The first-order valence-corrected chi connectivity index (χ1v) is 14.2. The lowest BCUT2D eigenvalue weighted by Crippen LogP contribution is -2.59. The van der Waals surface area contributed by atoms with Crippen molar-refractivity contribution in [2.45, 2.75) is 71.9 Å². The summed E-state index contributed by atoms with van der Waals surface area (Å²) in [4.78, 5) is 40.9. The molecule has 0 unspecified atom stereocenters. The number of hydrogen-bond acceptors (Lipinski definition) is 9. The number of pyridine rings is 1. The Morgan fingerprint density at radius 1 is 1.26 bits per heavy atom. The van der Waals surface area contributed by atoms with Gasteiger partial charge in [0.05, 0.1) is 11.6 Å². The Balaban J connectivity index is 1.63. The normalized spacial score (nSPS) is 31.0. The smallest absolute Gasteiger partial charge is 0.335 e. The molecule has 212 valence electrons. The Morgan fingerprint density at radius 3 is 2.64 bits per heavy atom. The third kappa shape index (κ3) is 6.22.